The van der Waals surface area contributed by atoms with Crippen molar-refractivity contribution in [1.29, 1.82) is 0 Å². The summed E-state index contributed by atoms with van der Waals surface area (Å²) in [6.45, 7) is 20.1. The van der Waals surface area contributed by atoms with Crippen LogP contribution in [0.4, 0.5) is 0 Å². The summed E-state index contributed by atoms with van der Waals surface area (Å²) in [5, 5.41) is 9.58. The Morgan fingerprint density at radius 2 is 1.75 bits per heavy atom. The van der Waals surface area contributed by atoms with Crippen molar-refractivity contribution in [2.75, 3.05) is 0 Å². The fourth-order valence-corrected chi connectivity index (χ4v) is 10.1. The Morgan fingerprint density at radius 1 is 1.06 bits per heavy atom. The molecule has 4 aliphatic rings. The number of carboxylic acids is 1. The molecule has 0 aromatic rings. The van der Waals surface area contributed by atoms with Gasteiger partial charge in [0.25, 0.3) is 0 Å². The third kappa shape index (κ3) is 3.28. The van der Waals surface area contributed by atoms with Crippen molar-refractivity contribution < 1.29 is 9.90 Å². The maximum Gasteiger partial charge on any atom is 0.303 e. The van der Waals surface area contributed by atoms with Crippen LogP contribution in [0.5, 0.6) is 0 Å². The van der Waals surface area contributed by atoms with Gasteiger partial charge in [-0.1, -0.05) is 67.0 Å². The molecule has 9 unspecified atom stereocenters. The second-order valence-corrected chi connectivity index (χ2v) is 14.0. The molecule has 0 spiro atoms. The lowest BCUT2D eigenvalue weighted by Crippen LogP contribution is -2.61. The van der Waals surface area contributed by atoms with Gasteiger partial charge in [-0.3, -0.25) is 4.79 Å². The van der Waals surface area contributed by atoms with Gasteiger partial charge >= 0.3 is 5.97 Å². The second kappa shape index (κ2) is 7.88. The van der Waals surface area contributed by atoms with Crippen LogP contribution >= 0.6 is 0 Å². The molecule has 3 fully saturated rings. The number of hydrogen-bond donors (Lipinski definition) is 1. The van der Waals surface area contributed by atoms with Gasteiger partial charge in [0.2, 0.25) is 0 Å². The van der Waals surface area contributed by atoms with E-state index in [1.807, 2.05) is 5.57 Å². The standard InChI is InChI=1S/C30H50O2/c1-19(2)22-12-16-30(8)24(28(22,6)15-13-25(31)32)10-9-23-26-21(4)20(3)11-14-27(26,5)17-18-29(23,30)7/h9,19-22,24,26H,10-18H2,1-8H3,(H,31,32). The van der Waals surface area contributed by atoms with Gasteiger partial charge in [0.15, 0.2) is 0 Å². The van der Waals surface area contributed by atoms with E-state index in [4.69, 9.17) is 0 Å². The SMILES string of the molecule is CC(C)C1CCC2(C)C(CC=C3C4C(C)C(C)CCC4(C)CCC32C)C1(C)CCC(=O)O. The van der Waals surface area contributed by atoms with Crippen LogP contribution in [0.25, 0.3) is 0 Å². The van der Waals surface area contributed by atoms with Crippen molar-refractivity contribution in [3.05, 3.63) is 11.6 Å². The highest BCUT2D eigenvalue weighted by molar-refractivity contribution is 5.66. The van der Waals surface area contributed by atoms with E-state index in [9.17, 15) is 9.90 Å². The van der Waals surface area contributed by atoms with E-state index in [2.05, 4.69) is 61.5 Å². The molecule has 0 aromatic carbocycles. The van der Waals surface area contributed by atoms with Crippen LogP contribution in [-0.4, -0.2) is 11.1 Å². The fraction of sp³-hybridized carbons (Fsp3) is 0.900. The molecular formula is C30H50O2. The van der Waals surface area contributed by atoms with Crippen LogP contribution in [0.1, 0.15) is 113 Å². The number of carbonyl (C=O) groups is 1. The van der Waals surface area contributed by atoms with E-state index in [0.29, 0.717) is 29.6 Å². The van der Waals surface area contributed by atoms with Gasteiger partial charge in [0, 0.05) is 6.42 Å². The summed E-state index contributed by atoms with van der Waals surface area (Å²) in [5.41, 5.74) is 2.93. The van der Waals surface area contributed by atoms with Gasteiger partial charge in [0.05, 0.1) is 0 Å². The topological polar surface area (TPSA) is 37.3 Å². The summed E-state index contributed by atoms with van der Waals surface area (Å²) >= 11 is 0. The zero-order valence-electron chi connectivity index (χ0n) is 22.3. The monoisotopic (exact) mass is 442 g/mol. The lowest BCUT2D eigenvalue weighted by Gasteiger charge is -2.69. The minimum atomic E-state index is -0.627. The van der Waals surface area contributed by atoms with Crippen LogP contribution < -0.4 is 0 Å². The minimum Gasteiger partial charge on any atom is -0.481 e. The molecular weight excluding hydrogens is 392 g/mol. The summed E-state index contributed by atoms with van der Waals surface area (Å²) in [6, 6.07) is 0. The number of allylic oxidation sites excluding steroid dienone is 2. The van der Waals surface area contributed by atoms with Crippen molar-refractivity contribution in [1.82, 2.24) is 0 Å². The first-order chi connectivity index (χ1) is 14.8. The minimum absolute atomic E-state index is 0.108. The molecule has 2 heteroatoms. The van der Waals surface area contributed by atoms with Crippen molar-refractivity contribution in [2.24, 2.45) is 57.2 Å². The highest BCUT2D eigenvalue weighted by Gasteiger charge is 2.65. The number of aliphatic carboxylic acids is 1. The molecule has 0 bridgehead atoms. The highest BCUT2D eigenvalue weighted by Crippen LogP contribution is 2.74. The van der Waals surface area contributed by atoms with E-state index in [0.717, 1.165) is 30.6 Å². The van der Waals surface area contributed by atoms with E-state index in [-0.39, 0.29) is 16.2 Å². The fourth-order valence-electron chi connectivity index (χ4n) is 10.1. The number of hydrogen-bond acceptors (Lipinski definition) is 1. The molecule has 4 aliphatic carbocycles. The summed E-state index contributed by atoms with van der Waals surface area (Å²) in [7, 11) is 0. The summed E-state index contributed by atoms with van der Waals surface area (Å²) < 4.78 is 0. The van der Waals surface area contributed by atoms with Gasteiger partial charge in [-0.05, 0) is 109 Å². The van der Waals surface area contributed by atoms with Crippen LogP contribution in [0, 0.1) is 57.2 Å². The Kier molecular flexibility index (Phi) is 5.99. The van der Waals surface area contributed by atoms with Crippen molar-refractivity contribution >= 4 is 5.97 Å². The van der Waals surface area contributed by atoms with Crippen LogP contribution in [0.15, 0.2) is 11.6 Å². The molecule has 0 aromatic heterocycles. The molecule has 9 atom stereocenters. The second-order valence-electron chi connectivity index (χ2n) is 14.0. The number of rotatable bonds is 4. The summed E-state index contributed by atoms with van der Waals surface area (Å²) in [4.78, 5) is 11.6. The summed E-state index contributed by atoms with van der Waals surface area (Å²) in [5.74, 6) is 3.52. The average molecular weight is 443 g/mol. The van der Waals surface area contributed by atoms with E-state index >= 15 is 0 Å². The molecule has 2 nitrogen and oxygen atoms in total. The van der Waals surface area contributed by atoms with Crippen molar-refractivity contribution in [3.8, 4) is 0 Å². The predicted molar refractivity (Wildman–Crippen MR) is 133 cm³/mol. The average Bonchev–Trinajstić information content (AvgIpc) is 2.70. The van der Waals surface area contributed by atoms with Crippen LogP contribution in [-0.2, 0) is 4.79 Å². The van der Waals surface area contributed by atoms with Gasteiger partial charge in [-0.15, -0.1) is 0 Å². The first-order valence-electron chi connectivity index (χ1n) is 13.7. The smallest absolute Gasteiger partial charge is 0.303 e. The third-order valence-corrected chi connectivity index (χ3v) is 12.4. The zero-order valence-corrected chi connectivity index (χ0v) is 22.3. The molecule has 4 rings (SSSR count). The highest BCUT2D eigenvalue weighted by atomic mass is 16.4. The maximum absolute atomic E-state index is 11.6. The molecule has 0 saturated heterocycles. The molecule has 0 aliphatic heterocycles. The van der Waals surface area contributed by atoms with Crippen LogP contribution in [0.2, 0.25) is 0 Å². The molecule has 1 N–H and O–H groups in total. The first kappa shape index (κ1) is 24.3. The van der Waals surface area contributed by atoms with Gasteiger partial charge < -0.3 is 5.11 Å². The molecule has 3 saturated carbocycles. The predicted octanol–water partition coefficient (Wildman–Crippen LogP) is 8.36. The molecule has 32 heavy (non-hydrogen) atoms. The van der Waals surface area contributed by atoms with Crippen LogP contribution in [0.3, 0.4) is 0 Å². The Balaban J connectivity index is 1.79. The van der Waals surface area contributed by atoms with Crippen molar-refractivity contribution in [2.45, 2.75) is 113 Å². The van der Waals surface area contributed by atoms with E-state index < -0.39 is 5.97 Å². The van der Waals surface area contributed by atoms with Gasteiger partial charge in [0.1, 0.15) is 0 Å². The van der Waals surface area contributed by atoms with Gasteiger partial charge in [-0.25, -0.2) is 0 Å². The number of carboxylic acid groups (broad SMARTS) is 1. The quantitative estimate of drug-likeness (QED) is 0.444. The third-order valence-electron chi connectivity index (χ3n) is 12.4. The van der Waals surface area contributed by atoms with Gasteiger partial charge in [-0.2, -0.15) is 0 Å². The molecule has 0 heterocycles. The molecule has 182 valence electrons. The number of fused-ring (bicyclic) bond motifs is 5. The largest absolute Gasteiger partial charge is 0.481 e. The molecule has 0 radical (unpaired) electrons. The van der Waals surface area contributed by atoms with E-state index in [1.165, 1.54) is 38.5 Å². The Hall–Kier alpha value is -0.790. The first-order valence-corrected chi connectivity index (χ1v) is 13.7. The Bertz CT molecular complexity index is 782. The maximum atomic E-state index is 11.6. The van der Waals surface area contributed by atoms with Crippen molar-refractivity contribution in [3.63, 3.8) is 0 Å². The zero-order chi connectivity index (χ0) is 23.7. The van der Waals surface area contributed by atoms with E-state index in [1.54, 1.807) is 0 Å². The lowest BCUT2D eigenvalue weighted by atomic mass is 9.35. The Labute approximate surface area is 198 Å². The normalized spacial score (nSPS) is 50.8. The molecule has 0 amide bonds. The Morgan fingerprint density at radius 3 is 2.38 bits per heavy atom. The summed E-state index contributed by atoms with van der Waals surface area (Å²) in [6.07, 6.45) is 13.1. The lowest BCUT2D eigenvalue weighted by molar-refractivity contribution is -0.160.